The Kier molecular flexibility index (Phi) is 3.54. The third kappa shape index (κ3) is 1.99. The number of carbonyl (C=O) groups is 1. The molecule has 0 spiro atoms. The van der Waals surface area contributed by atoms with Gasteiger partial charge in [-0.2, -0.15) is 0 Å². The van der Waals surface area contributed by atoms with E-state index in [-0.39, 0.29) is 17.3 Å². The Hall–Kier alpha value is -0.600. The zero-order valence-corrected chi connectivity index (χ0v) is 14.0. The van der Waals surface area contributed by atoms with E-state index in [9.17, 15) is 9.90 Å². The van der Waals surface area contributed by atoms with Crippen molar-refractivity contribution in [2.24, 2.45) is 29.1 Å². The number of hydrogen-bond donors (Lipinski definition) is 1. The summed E-state index contributed by atoms with van der Waals surface area (Å²) >= 11 is 6.34. The molecule has 0 aliphatic heterocycles. The lowest BCUT2D eigenvalue weighted by atomic mass is 9.49. The molecule has 0 unspecified atom stereocenters. The molecule has 4 aliphatic carbocycles. The smallest absolute Gasteiger partial charge is 0.174 e. The van der Waals surface area contributed by atoms with Crippen LogP contribution in [0, 0.1) is 29.1 Å². The molecule has 0 aromatic heterocycles. The summed E-state index contributed by atoms with van der Waals surface area (Å²) in [4.78, 5) is 11.9. The van der Waals surface area contributed by atoms with Gasteiger partial charge in [-0.3, -0.25) is 4.79 Å². The molecule has 4 rings (SSSR count). The quantitative estimate of drug-likeness (QED) is 0.678. The molecule has 1 N–H and O–H groups in total. The van der Waals surface area contributed by atoms with Crippen molar-refractivity contribution in [3.8, 4) is 0 Å². The lowest BCUT2D eigenvalue weighted by Gasteiger charge is -2.56. The second kappa shape index (κ2) is 5.21. The predicted molar refractivity (Wildman–Crippen MR) is 87.4 cm³/mol. The number of carbonyl (C=O) groups excluding carboxylic acids is 1. The van der Waals surface area contributed by atoms with Crippen molar-refractivity contribution < 1.29 is 9.90 Å². The number of fused-ring (bicyclic) bond motifs is 5. The van der Waals surface area contributed by atoms with Gasteiger partial charge in [-0.05, 0) is 67.8 Å². The molecule has 0 aromatic rings. The van der Waals surface area contributed by atoms with Crippen LogP contribution in [0.4, 0.5) is 0 Å². The Bertz CT molecular complexity index is 564. The normalized spacial score (nSPS) is 47.8. The average molecular weight is 321 g/mol. The monoisotopic (exact) mass is 320 g/mol. The van der Waals surface area contributed by atoms with E-state index >= 15 is 0 Å². The Morgan fingerprint density at radius 2 is 2.05 bits per heavy atom. The third-order valence-corrected chi connectivity index (χ3v) is 7.63. The number of halogens is 1. The lowest BCUT2D eigenvalue weighted by Crippen LogP contribution is -2.52. The van der Waals surface area contributed by atoms with Crippen LogP contribution in [-0.4, -0.2) is 17.0 Å². The second-order valence-corrected chi connectivity index (χ2v) is 8.40. The van der Waals surface area contributed by atoms with E-state index in [1.807, 2.05) is 0 Å². The molecule has 0 saturated heterocycles. The number of hydrogen-bond acceptors (Lipinski definition) is 2. The SMILES string of the molecule is C[C@]12CC[C@H]3[C@@H](CCC4=C(Cl)C(=O)CC[C@@H]43)[C@@H]1C=CC[C@@H]2O. The van der Waals surface area contributed by atoms with Crippen LogP contribution in [0.15, 0.2) is 22.8 Å². The van der Waals surface area contributed by atoms with Crippen molar-refractivity contribution in [3.63, 3.8) is 0 Å². The first kappa shape index (κ1) is 15.0. The fourth-order valence-electron chi connectivity index (χ4n) is 5.88. The van der Waals surface area contributed by atoms with E-state index in [2.05, 4.69) is 19.1 Å². The molecule has 4 aliphatic rings. The van der Waals surface area contributed by atoms with Gasteiger partial charge in [0.2, 0.25) is 0 Å². The molecule has 0 aromatic carbocycles. The summed E-state index contributed by atoms with van der Waals surface area (Å²) in [6.45, 7) is 2.28. The minimum absolute atomic E-state index is 0.0470. The fraction of sp³-hybridized carbons (Fsp3) is 0.737. The molecular weight excluding hydrogens is 296 g/mol. The first-order valence-corrected chi connectivity index (χ1v) is 9.16. The van der Waals surface area contributed by atoms with Gasteiger partial charge in [0.05, 0.1) is 11.1 Å². The highest BCUT2D eigenvalue weighted by atomic mass is 35.5. The predicted octanol–water partition coefficient (Wildman–Crippen LogP) is 4.22. The maximum Gasteiger partial charge on any atom is 0.174 e. The molecule has 2 saturated carbocycles. The summed E-state index contributed by atoms with van der Waals surface area (Å²) in [5.74, 6) is 2.46. The summed E-state index contributed by atoms with van der Waals surface area (Å²) in [6.07, 6.45) is 11.2. The van der Waals surface area contributed by atoms with E-state index in [0.717, 1.165) is 32.1 Å². The largest absolute Gasteiger partial charge is 0.392 e. The summed E-state index contributed by atoms with van der Waals surface area (Å²) in [5, 5.41) is 11.1. The van der Waals surface area contributed by atoms with Crippen molar-refractivity contribution >= 4 is 17.4 Å². The van der Waals surface area contributed by atoms with Gasteiger partial charge in [-0.1, -0.05) is 30.7 Å². The molecule has 120 valence electrons. The van der Waals surface area contributed by atoms with Gasteiger partial charge in [0.1, 0.15) is 0 Å². The fourth-order valence-corrected chi connectivity index (χ4v) is 6.21. The number of ketones is 1. The van der Waals surface area contributed by atoms with Gasteiger partial charge in [0.15, 0.2) is 5.78 Å². The standard InChI is InChI=1S/C19H25ClO2/c1-19-10-9-12-11-7-8-16(21)18(20)14(11)6-5-13(12)15(19)3-2-4-17(19)22/h2-3,11-13,15,17,22H,4-10H2,1H3/t11-,12-,13-,15+,17+,19+/m1/s1. The van der Waals surface area contributed by atoms with Crippen LogP contribution >= 0.6 is 11.6 Å². The third-order valence-electron chi connectivity index (χ3n) is 7.17. The van der Waals surface area contributed by atoms with Gasteiger partial charge in [-0.15, -0.1) is 0 Å². The van der Waals surface area contributed by atoms with Crippen LogP contribution in [0.1, 0.15) is 51.9 Å². The molecule has 22 heavy (non-hydrogen) atoms. The van der Waals surface area contributed by atoms with E-state index in [1.165, 1.54) is 12.0 Å². The second-order valence-electron chi connectivity index (χ2n) is 8.02. The number of allylic oxidation sites excluding steroid dienone is 3. The summed E-state index contributed by atoms with van der Waals surface area (Å²) in [6, 6.07) is 0. The van der Waals surface area contributed by atoms with Gasteiger partial charge in [0, 0.05) is 11.8 Å². The van der Waals surface area contributed by atoms with Gasteiger partial charge >= 0.3 is 0 Å². The topological polar surface area (TPSA) is 37.3 Å². The van der Waals surface area contributed by atoms with Crippen LogP contribution in [-0.2, 0) is 4.79 Å². The zero-order chi connectivity index (χ0) is 15.5. The highest BCUT2D eigenvalue weighted by Crippen LogP contribution is 2.59. The maximum absolute atomic E-state index is 11.9. The first-order chi connectivity index (χ1) is 10.5. The summed E-state index contributed by atoms with van der Waals surface area (Å²) in [7, 11) is 0. The highest BCUT2D eigenvalue weighted by Gasteiger charge is 2.53. The number of Topliss-reactive ketones (excluding diaryl/α,β-unsaturated/α-hetero) is 1. The van der Waals surface area contributed by atoms with E-state index in [4.69, 9.17) is 11.6 Å². The van der Waals surface area contributed by atoms with Crippen LogP contribution < -0.4 is 0 Å². The zero-order valence-electron chi connectivity index (χ0n) is 13.2. The summed E-state index contributed by atoms with van der Waals surface area (Å²) in [5.41, 5.74) is 1.30. The highest BCUT2D eigenvalue weighted by molar-refractivity contribution is 6.43. The molecule has 2 nitrogen and oxygen atoms in total. The molecule has 6 atom stereocenters. The Labute approximate surface area is 137 Å². The first-order valence-electron chi connectivity index (χ1n) is 8.79. The Morgan fingerprint density at radius 3 is 2.86 bits per heavy atom. The minimum Gasteiger partial charge on any atom is -0.392 e. The molecule has 0 amide bonds. The van der Waals surface area contributed by atoms with E-state index in [1.54, 1.807) is 0 Å². The molecular formula is C19H25ClO2. The Balaban J connectivity index is 1.68. The number of aliphatic hydroxyl groups excluding tert-OH is 1. The van der Waals surface area contributed by atoms with Crippen LogP contribution in [0.3, 0.4) is 0 Å². The van der Waals surface area contributed by atoms with Crippen molar-refractivity contribution in [2.45, 2.75) is 58.0 Å². The number of rotatable bonds is 0. The van der Waals surface area contributed by atoms with Crippen molar-refractivity contribution in [3.05, 3.63) is 22.8 Å². The molecule has 0 heterocycles. The van der Waals surface area contributed by atoms with E-state index < -0.39 is 0 Å². The molecule has 0 bridgehead atoms. The van der Waals surface area contributed by atoms with Crippen LogP contribution in [0.5, 0.6) is 0 Å². The average Bonchev–Trinajstić information content (AvgIpc) is 2.51. The summed E-state index contributed by atoms with van der Waals surface area (Å²) < 4.78 is 0. The Morgan fingerprint density at radius 1 is 1.23 bits per heavy atom. The van der Waals surface area contributed by atoms with Crippen molar-refractivity contribution in [1.82, 2.24) is 0 Å². The van der Waals surface area contributed by atoms with Crippen LogP contribution in [0.25, 0.3) is 0 Å². The maximum atomic E-state index is 11.9. The molecule has 2 fully saturated rings. The minimum atomic E-state index is -0.197. The number of aliphatic hydroxyl groups is 1. The van der Waals surface area contributed by atoms with Gasteiger partial charge in [0.25, 0.3) is 0 Å². The molecule has 0 radical (unpaired) electrons. The van der Waals surface area contributed by atoms with E-state index in [0.29, 0.717) is 35.1 Å². The molecule has 3 heteroatoms. The van der Waals surface area contributed by atoms with Crippen LogP contribution in [0.2, 0.25) is 0 Å². The van der Waals surface area contributed by atoms with Crippen molar-refractivity contribution in [2.75, 3.05) is 0 Å². The van der Waals surface area contributed by atoms with Gasteiger partial charge < -0.3 is 5.11 Å². The lowest BCUT2D eigenvalue weighted by molar-refractivity contribution is -0.116. The van der Waals surface area contributed by atoms with Crippen molar-refractivity contribution in [1.29, 1.82) is 0 Å². The van der Waals surface area contributed by atoms with Gasteiger partial charge in [-0.25, -0.2) is 0 Å².